The van der Waals surface area contributed by atoms with Crippen LogP contribution >= 0.6 is 0 Å². The molecule has 0 radical (unpaired) electrons. The predicted molar refractivity (Wildman–Crippen MR) is 70.3 cm³/mol. The standard InChI is InChI=1S/C15H14N2O2/c18-15-14-13(7-4-9-17(14)19)8-10-16(15)11-12-5-2-1-3-6-12/h1-7,9H,8,10-11H2. The van der Waals surface area contributed by atoms with E-state index in [1.54, 1.807) is 11.0 Å². The molecule has 3 rings (SSSR count). The topological polar surface area (TPSA) is 47.2 Å². The highest BCUT2D eigenvalue weighted by molar-refractivity contribution is 5.93. The third-order valence-electron chi connectivity index (χ3n) is 3.40. The molecule has 0 saturated heterocycles. The molecule has 1 amide bonds. The van der Waals surface area contributed by atoms with Crippen LogP contribution in [0.25, 0.3) is 0 Å². The lowest BCUT2D eigenvalue weighted by atomic mass is 10.0. The van der Waals surface area contributed by atoms with Gasteiger partial charge in [0.15, 0.2) is 6.20 Å². The van der Waals surface area contributed by atoms with E-state index in [9.17, 15) is 10.0 Å². The fraction of sp³-hybridized carbons (Fsp3) is 0.200. The molecule has 2 aromatic rings. The first-order chi connectivity index (χ1) is 9.25. The van der Waals surface area contributed by atoms with E-state index in [4.69, 9.17) is 0 Å². The van der Waals surface area contributed by atoms with Crippen LogP contribution in [0.5, 0.6) is 0 Å². The fourth-order valence-corrected chi connectivity index (χ4v) is 2.43. The molecule has 0 unspecified atom stereocenters. The number of carbonyl (C=O) groups excluding carboxylic acids is 1. The Hall–Kier alpha value is -2.36. The van der Waals surface area contributed by atoms with Crippen LogP contribution in [0.3, 0.4) is 0 Å². The molecule has 19 heavy (non-hydrogen) atoms. The first-order valence-electron chi connectivity index (χ1n) is 6.30. The van der Waals surface area contributed by atoms with E-state index in [0.717, 1.165) is 17.5 Å². The van der Waals surface area contributed by atoms with Crippen LogP contribution in [0.4, 0.5) is 0 Å². The quantitative estimate of drug-likeness (QED) is 0.602. The van der Waals surface area contributed by atoms with Gasteiger partial charge in [-0.25, -0.2) is 0 Å². The molecule has 0 atom stereocenters. The highest BCUT2D eigenvalue weighted by Gasteiger charge is 2.31. The van der Waals surface area contributed by atoms with Gasteiger partial charge in [0, 0.05) is 24.7 Å². The van der Waals surface area contributed by atoms with Gasteiger partial charge in [-0.05, 0) is 18.1 Å². The molecule has 1 aliphatic heterocycles. The minimum atomic E-state index is -0.180. The lowest BCUT2D eigenvalue weighted by Gasteiger charge is -2.26. The molecule has 2 heterocycles. The maximum atomic E-state index is 12.3. The number of rotatable bonds is 2. The second-order valence-electron chi connectivity index (χ2n) is 4.67. The molecule has 0 bridgehead atoms. The molecule has 96 valence electrons. The Labute approximate surface area is 111 Å². The normalized spacial score (nSPS) is 14.3. The van der Waals surface area contributed by atoms with Crippen LogP contribution in [-0.4, -0.2) is 17.4 Å². The summed E-state index contributed by atoms with van der Waals surface area (Å²) in [6.45, 7) is 1.21. The summed E-state index contributed by atoms with van der Waals surface area (Å²) in [5.41, 5.74) is 2.18. The number of fused-ring (bicyclic) bond motifs is 1. The summed E-state index contributed by atoms with van der Waals surface area (Å²) in [7, 11) is 0. The van der Waals surface area contributed by atoms with Crippen LogP contribution in [0.1, 0.15) is 21.6 Å². The van der Waals surface area contributed by atoms with Gasteiger partial charge in [0.1, 0.15) is 0 Å². The summed E-state index contributed by atoms with van der Waals surface area (Å²) < 4.78 is 0.675. The van der Waals surface area contributed by atoms with Crippen molar-refractivity contribution in [3.63, 3.8) is 0 Å². The smallest absolute Gasteiger partial charge is 0.320 e. The Morgan fingerprint density at radius 3 is 2.74 bits per heavy atom. The van der Waals surface area contributed by atoms with E-state index in [2.05, 4.69) is 0 Å². The van der Waals surface area contributed by atoms with Crippen molar-refractivity contribution >= 4 is 5.91 Å². The Kier molecular flexibility index (Phi) is 2.91. The molecule has 4 nitrogen and oxygen atoms in total. The van der Waals surface area contributed by atoms with Gasteiger partial charge in [-0.1, -0.05) is 30.3 Å². The first-order valence-corrected chi connectivity index (χ1v) is 6.30. The van der Waals surface area contributed by atoms with Crippen LogP contribution in [0, 0.1) is 5.21 Å². The molecule has 1 aromatic carbocycles. The zero-order valence-corrected chi connectivity index (χ0v) is 10.5. The monoisotopic (exact) mass is 254 g/mol. The third kappa shape index (κ3) is 2.17. The Morgan fingerprint density at radius 2 is 1.95 bits per heavy atom. The molecule has 4 heteroatoms. The highest BCUT2D eigenvalue weighted by atomic mass is 16.5. The number of benzene rings is 1. The first kappa shape index (κ1) is 11.7. The largest absolute Gasteiger partial charge is 0.618 e. The second-order valence-corrected chi connectivity index (χ2v) is 4.67. The van der Waals surface area contributed by atoms with Crippen molar-refractivity contribution in [2.45, 2.75) is 13.0 Å². The summed E-state index contributed by atoms with van der Waals surface area (Å²) in [4.78, 5) is 14.1. The van der Waals surface area contributed by atoms with Crippen molar-refractivity contribution in [2.75, 3.05) is 6.54 Å². The number of carbonyl (C=O) groups is 1. The minimum Gasteiger partial charge on any atom is -0.618 e. The third-order valence-corrected chi connectivity index (χ3v) is 3.40. The SMILES string of the molecule is O=C1c2c(ccc[n+]2[O-])CCN1Cc1ccccc1. The number of amides is 1. The van der Waals surface area contributed by atoms with Gasteiger partial charge in [0.25, 0.3) is 5.69 Å². The predicted octanol–water partition coefficient (Wildman–Crippen LogP) is 1.52. The van der Waals surface area contributed by atoms with Gasteiger partial charge in [-0.2, -0.15) is 4.73 Å². The van der Waals surface area contributed by atoms with Gasteiger partial charge < -0.3 is 10.1 Å². The van der Waals surface area contributed by atoms with Crippen molar-refractivity contribution < 1.29 is 9.52 Å². The van der Waals surface area contributed by atoms with Crippen molar-refractivity contribution in [3.8, 4) is 0 Å². The Morgan fingerprint density at radius 1 is 1.16 bits per heavy atom. The maximum absolute atomic E-state index is 12.3. The number of hydrogen-bond acceptors (Lipinski definition) is 2. The van der Waals surface area contributed by atoms with Crippen LogP contribution in [0.2, 0.25) is 0 Å². The second kappa shape index (κ2) is 4.72. The van der Waals surface area contributed by atoms with Crippen LogP contribution < -0.4 is 4.73 Å². The minimum absolute atomic E-state index is 0.180. The Balaban J connectivity index is 1.88. The molecule has 0 fully saturated rings. The molecular formula is C15H14N2O2. The summed E-state index contributed by atoms with van der Waals surface area (Å²) in [5.74, 6) is -0.180. The maximum Gasteiger partial charge on any atom is 0.320 e. The molecule has 0 aliphatic carbocycles. The molecule has 0 spiro atoms. The molecular weight excluding hydrogens is 240 g/mol. The van der Waals surface area contributed by atoms with E-state index < -0.39 is 0 Å². The summed E-state index contributed by atoms with van der Waals surface area (Å²) >= 11 is 0. The van der Waals surface area contributed by atoms with Crippen LogP contribution in [0.15, 0.2) is 48.7 Å². The van der Waals surface area contributed by atoms with E-state index in [-0.39, 0.29) is 11.6 Å². The summed E-state index contributed by atoms with van der Waals surface area (Å²) in [5, 5.41) is 11.7. The zero-order chi connectivity index (χ0) is 13.2. The lowest BCUT2D eigenvalue weighted by Crippen LogP contribution is -2.46. The van der Waals surface area contributed by atoms with Gasteiger partial charge >= 0.3 is 5.91 Å². The van der Waals surface area contributed by atoms with E-state index in [1.165, 1.54) is 6.20 Å². The van der Waals surface area contributed by atoms with E-state index >= 15 is 0 Å². The van der Waals surface area contributed by atoms with Crippen molar-refractivity contribution in [1.82, 2.24) is 4.90 Å². The van der Waals surface area contributed by atoms with Crippen molar-refractivity contribution in [2.24, 2.45) is 0 Å². The number of pyridine rings is 1. The van der Waals surface area contributed by atoms with Gasteiger partial charge in [0.2, 0.25) is 0 Å². The number of nitrogens with zero attached hydrogens (tertiary/aromatic N) is 2. The van der Waals surface area contributed by atoms with Gasteiger partial charge in [0.05, 0.1) is 0 Å². The molecule has 0 N–H and O–H groups in total. The molecule has 0 saturated carbocycles. The number of aromatic nitrogens is 1. The number of hydrogen-bond donors (Lipinski definition) is 0. The average molecular weight is 254 g/mol. The highest BCUT2D eigenvalue weighted by Crippen LogP contribution is 2.17. The summed E-state index contributed by atoms with van der Waals surface area (Å²) in [6.07, 6.45) is 2.11. The van der Waals surface area contributed by atoms with Gasteiger partial charge in [-0.15, -0.1) is 0 Å². The summed E-state index contributed by atoms with van der Waals surface area (Å²) in [6, 6.07) is 13.4. The zero-order valence-electron chi connectivity index (χ0n) is 10.5. The van der Waals surface area contributed by atoms with Crippen molar-refractivity contribution in [1.29, 1.82) is 0 Å². The fourth-order valence-electron chi connectivity index (χ4n) is 2.43. The van der Waals surface area contributed by atoms with Gasteiger partial charge in [-0.3, -0.25) is 4.79 Å². The average Bonchev–Trinajstić information content (AvgIpc) is 2.43. The van der Waals surface area contributed by atoms with E-state index in [1.807, 2.05) is 36.4 Å². The van der Waals surface area contributed by atoms with Crippen molar-refractivity contribution in [3.05, 3.63) is 70.7 Å². The lowest BCUT2D eigenvalue weighted by molar-refractivity contribution is -0.608. The van der Waals surface area contributed by atoms with E-state index in [0.29, 0.717) is 17.8 Å². The molecule has 1 aliphatic rings. The molecule has 1 aromatic heterocycles. The Bertz CT molecular complexity index is 611. The van der Waals surface area contributed by atoms with Crippen LogP contribution in [-0.2, 0) is 13.0 Å².